The number of aryl methyl sites for hydroxylation is 1. The van der Waals surface area contributed by atoms with Crippen molar-refractivity contribution in [2.45, 2.75) is 32.2 Å². The monoisotopic (exact) mass is 238 g/mol. The van der Waals surface area contributed by atoms with Gasteiger partial charge in [-0.05, 0) is 26.2 Å². The number of carbonyl (C=O) groups excluding carboxylic acids is 1. The molecule has 0 bridgehead atoms. The number of carbonyl (C=O) groups is 2. The molecule has 0 unspecified atom stereocenters. The van der Waals surface area contributed by atoms with Crippen LogP contribution in [0.1, 0.15) is 35.5 Å². The molecule has 1 N–H and O–H groups in total. The summed E-state index contributed by atoms with van der Waals surface area (Å²) in [7, 11) is 0. The molecule has 0 spiro atoms. The van der Waals surface area contributed by atoms with Crippen molar-refractivity contribution < 1.29 is 19.2 Å². The maximum absolute atomic E-state index is 12.1. The molecule has 92 valence electrons. The average Bonchev–Trinajstić information content (AvgIpc) is 2.75. The van der Waals surface area contributed by atoms with Gasteiger partial charge in [0.2, 0.25) is 0 Å². The van der Waals surface area contributed by atoms with Crippen LogP contribution >= 0.6 is 0 Å². The lowest BCUT2D eigenvalue weighted by Crippen LogP contribution is -2.48. The second-order valence-corrected chi connectivity index (χ2v) is 4.17. The Balaban J connectivity index is 2.19. The lowest BCUT2D eigenvalue weighted by Gasteiger charge is -2.32. The highest BCUT2D eigenvalue weighted by Crippen LogP contribution is 2.19. The highest BCUT2D eigenvalue weighted by atomic mass is 16.5. The molecule has 1 amide bonds. The van der Waals surface area contributed by atoms with E-state index in [4.69, 9.17) is 9.63 Å². The van der Waals surface area contributed by atoms with E-state index in [1.54, 1.807) is 6.92 Å². The van der Waals surface area contributed by atoms with Gasteiger partial charge in [0, 0.05) is 12.6 Å². The van der Waals surface area contributed by atoms with Gasteiger partial charge in [0.1, 0.15) is 11.8 Å². The van der Waals surface area contributed by atoms with Crippen LogP contribution in [0.4, 0.5) is 0 Å². The zero-order valence-electron chi connectivity index (χ0n) is 9.55. The standard InChI is InChI=1S/C11H14N2O4/c1-7-6-8(12-17-7)10(14)13-5-3-2-4-9(13)11(15)16/h6,9H,2-5H2,1H3,(H,15,16)/t9-/m0/s1. The zero-order valence-corrected chi connectivity index (χ0v) is 9.55. The van der Waals surface area contributed by atoms with Crippen molar-refractivity contribution in [2.75, 3.05) is 6.54 Å². The Morgan fingerprint density at radius 2 is 2.29 bits per heavy atom. The molecule has 2 heterocycles. The van der Waals surface area contributed by atoms with Crippen LogP contribution in [-0.4, -0.2) is 39.6 Å². The van der Waals surface area contributed by atoms with Crippen molar-refractivity contribution >= 4 is 11.9 Å². The minimum Gasteiger partial charge on any atom is -0.480 e. The minimum absolute atomic E-state index is 0.177. The molecule has 1 atom stereocenters. The summed E-state index contributed by atoms with van der Waals surface area (Å²) in [5.41, 5.74) is 0.177. The van der Waals surface area contributed by atoms with E-state index in [-0.39, 0.29) is 11.6 Å². The summed E-state index contributed by atoms with van der Waals surface area (Å²) in [6.07, 6.45) is 2.16. The Kier molecular flexibility index (Phi) is 3.12. The molecule has 1 aliphatic heterocycles. The van der Waals surface area contributed by atoms with Crippen molar-refractivity contribution in [3.8, 4) is 0 Å². The minimum atomic E-state index is -0.960. The molecule has 0 aliphatic carbocycles. The first kappa shape index (κ1) is 11.6. The molecular formula is C11H14N2O4. The summed E-state index contributed by atoms with van der Waals surface area (Å²) in [5.74, 6) is -0.788. The highest BCUT2D eigenvalue weighted by Gasteiger charge is 2.33. The number of likely N-dealkylation sites (tertiary alicyclic amines) is 1. The lowest BCUT2D eigenvalue weighted by molar-refractivity contribution is -0.143. The van der Waals surface area contributed by atoms with Crippen LogP contribution in [0.15, 0.2) is 10.6 Å². The molecule has 2 rings (SSSR count). The summed E-state index contributed by atoms with van der Waals surface area (Å²) in [4.78, 5) is 24.5. The summed E-state index contributed by atoms with van der Waals surface area (Å²) in [6.45, 7) is 2.15. The van der Waals surface area contributed by atoms with Crippen molar-refractivity contribution in [3.63, 3.8) is 0 Å². The van der Waals surface area contributed by atoms with E-state index in [1.165, 1.54) is 11.0 Å². The topological polar surface area (TPSA) is 83.6 Å². The molecule has 6 heteroatoms. The number of rotatable bonds is 2. The second-order valence-electron chi connectivity index (χ2n) is 4.17. The third kappa shape index (κ3) is 2.30. The van der Waals surface area contributed by atoms with Crippen LogP contribution in [0, 0.1) is 6.92 Å². The third-order valence-electron chi connectivity index (χ3n) is 2.90. The highest BCUT2D eigenvalue weighted by molar-refractivity contribution is 5.95. The van der Waals surface area contributed by atoms with Crippen LogP contribution in [0.3, 0.4) is 0 Å². The van der Waals surface area contributed by atoms with E-state index < -0.39 is 12.0 Å². The van der Waals surface area contributed by atoms with Gasteiger partial charge in [0.15, 0.2) is 5.69 Å². The van der Waals surface area contributed by atoms with E-state index >= 15 is 0 Å². The van der Waals surface area contributed by atoms with Crippen LogP contribution in [0.2, 0.25) is 0 Å². The van der Waals surface area contributed by atoms with Crippen molar-refractivity contribution in [1.29, 1.82) is 0 Å². The predicted octanol–water partition coefficient (Wildman–Crippen LogP) is 1.06. The average molecular weight is 238 g/mol. The Morgan fingerprint density at radius 3 is 2.88 bits per heavy atom. The number of hydrogen-bond donors (Lipinski definition) is 1. The molecule has 0 aromatic carbocycles. The lowest BCUT2D eigenvalue weighted by atomic mass is 10.0. The largest absolute Gasteiger partial charge is 0.480 e. The number of piperidine rings is 1. The Morgan fingerprint density at radius 1 is 1.53 bits per heavy atom. The number of hydrogen-bond acceptors (Lipinski definition) is 4. The van der Waals surface area contributed by atoms with Crippen LogP contribution < -0.4 is 0 Å². The number of aromatic nitrogens is 1. The Bertz CT molecular complexity index is 440. The van der Waals surface area contributed by atoms with E-state index in [2.05, 4.69) is 5.16 Å². The molecular weight excluding hydrogens is 224 g/mol. The summed E-state index contributed by atoms with van der Waals surface area (Å²) < 4.78 is 4.83. The van der Waals surface area contributed by atoms with Gasteiger partial charge in [-0.25, -0.2) is 4.79 Å². The Hall–Kier alpha value is -1.85. The molecule has 1 fully saturated rings. The molecule has 0 radical (unpaired) electrons. The van der Waals surface area contributed by atoms with Gasteiger partial charge in [-0.1, -0.05) is 5.16 Å². The number of amides is 1. The molecule has 1 saturated heterocycles. The van der Waals surface area contributed by atoms with Gasteiger partial charge in [-0.15, -0.1) is 0 Å². The first-order valence-corrected chi connectivity index (χ1v) is 5.56. The smallest absolute Gasteiger partial charge is 0.326 e. The summed E-state index contributed by atoms with van der Waals surface area (Å²) in [6, 6.07) is 0.781. The number of nitrogens with zero attached hydrogens (tertiary/aromatic N) is 2. The maximum atomic E-state index is 12.1. The van der Waals surface area contributed by atoms with Crippen LogP contribution in [0.25, 0.3) is 0 Å². The maximum Gasteiger partial charge on any atom is 0.326 e. The molecule has 1 aliphatic rings. The van der Waals surface area contributed by atoms with E-state index in [9.17, 15) is 9.59 Å². The zero-order chi connectivity index (χ0) is 12.4. The SMILES string of the molecule is Cc1cc(C(=O)N2CCCC[C@H]2C(=O)O)no1. The molecule has 1 aromatic heterocycles. The number of carboxylic acid groups (broad SMARTS) is 1. The molecule has 1 aromatic rings. The van der Waals surface area contributed by atoms with Gasteiger partial charge < -0.3 is 14.5 Å². The fourth-order valence-electron chi connectivity index (χ4n) is 2.05. The Labute approximate surface area is 98.2 Å². The molecule has 6 nitrogen and oxygen atoms in total. The van der Waals surface area contributed by atoms with Gasteiger partial charge in [0.25, 0.3) is 5.91 Å². The first-order chi connectivity index (χ1) is 8.09. The summed E-state index contributed by atoms with van der Waals surface area (Å²) >= 11 is 0. The number of aliphatic carboxylic acids is 1. The fourth-order valence-corrected chi connectivity index (χ4v) is 2.05. The normalized spacial score (nSPS) is 20.3. The summed E-state index contributed by atoms with van der Waals surface area (Å²) in [5, 5.41) is 12.7. The predicted molar refractivity (Wildman–Crippen MR) is 57.6 cm³/mol. The van der Waals surface area contributed by atoms with Crippen molar-refractivity contribution in [3.05, 3.63) is 17.5 Å². The molecule has 17 heavy (non-hydrogen) atoms. The van der Waals surface area contributed by atoms with E-state index in [1.807, 2.05) is 0 Å². The van der Waals surface area contributed by atoms with Gasteiger partial charge in [0.05, 0.1) is 0 Å². The number of carboxylic acids is 1. The first-order valence-electron chi connectivity index (χ1n) is 5.56. The van der Waals surface area contributed by atoms with Gasteiger partial charge >= 0.3 is 5.97 Å². The van der Waals surface area contributed by atoms with Crippen molar-refractivity contribution in [2.24, 2.45) is 0 Å². The third-order valence-corrected chi connectivity index (χ3v) is 2.90. The van der Waals surface area contributed by atoms with Gasteiger partial charge in [-0.3, -0.25) is 4.79 Å². The van der Waals surface area contributed by atoms with E-state index in [0.717, 1.165) is 12.8 Å². The van der Waals surface area contributed by atoms with Gasteiger partial charge in [-0.2, -0.15) is 0 Å². The van der Waals surface area contributed by atoms with E-state index in [0.29, 0.717) is 18.7 Å². The fraction of sp³-hybridized carbons (Fsp3) is 0.545. The second kappa shape index (κ2) is 4.57. The van der Waals surface area contributed by atoms with Crippen LogP contribution in [-0.2, 0) is 4.79 Å². The van der Waals surface area contributed by atoms with Crippen LogP contribution in [0.5, 0.6) is 0 Å². The van der Waals surface area contributed by atoms with Crippen molar-refractivity contribution in [1.82, 2.24) is 10.1 Å². The molecule has 0 saturated carbocycles. The quantitative estimate of drug-likeness (QED) is 0.832.